The first-order valence-corrected chi connectivity index (χ1v) is 5.77. The highest BCUT2D eigenvalue weighted by Crippen LogP contribution is 2.31. The Kier molecular flexibility index (Phi) is 6.45. The minimum absolute atomic E-state index is 0.534. The van der Waals surface area contributed by atoms with E-state index in [9.17, 15) is 0 Å². The van der Waals surface area contributed by atoms with E-state index in [1.807, 2.05) is 0 Å². The molecule has 0 heterocycles. The predicted molar refractivity (Wildman–Crippen MR) is 61.7 cm³/mol. The zero-order chi connectivity index (χ0) is 10.3. The van der Waals surface area contributed by atoms with Gasteiger partial charge in [-0.2, -0.15) is 0 Å². The molecule has 0 fully saturated rings. The maximum Gasteiger partial charge on any atom is -0.0298 e. The van der Waals surface area contributed by atoms with Gasteiger partial charge < -0.3 is 0 Å². The molecule has 0 aromatic rings. The summed E-state index contributed by atoms with van der Waals surface area (Å²) in [5.74, 6) is 1.57. The van der Waals surface area contributed by atoms with Gasteiger partial charge in [-0.25, -0.2) is 0 Å². The first-order chi connectivity index (χ1) is 5.98. The van der Waals surface area contributed by atoms with Crippen LogP contribution >= 0.6 is 0 Å². The van der Waals surface area contributed by atoms with Crippen molar-refractivity contribution in [2.24, 2.45) is 5.41 Å². The van der Waals surface area contributed by atoms with Gasteiger partial charge in [-0.05, 0) is 24.2 Å². The molecule has 0 heteroatoms. The van der Waals surface area contributed by atoms with E-state index in [-0.39, 0.29) is 0 Å². The molecule has 13 heavy (non-hydrogen) atoms. The van der Waals surface area contributed by atoms with Crippen LogP contribution in [0.2, 0.25) is 0 Å². The molecule has 0 saturated carbocycles. The maximum absolute atomic E-state index is 2.39. The van der Waals surface area contributed by atoms with Crippen LogP contribution in [0.4, 0.5) is 0 Å². The molecule has 0 rings (SSSR count). The quantitative estimate of drug-likeness (QED) is 0.488. The standard InChI is InChI=1S/C13H27/c1-6-7-8-9-10-13(4,5)11-12(2)3/h6-11H2,1-5H3. The van der Waals surface area contributed by atoms with Crippen molar-refractivity contribution in [2.45, 2.75) is 73.1 Å². The molecule has 0 nitrogen and oxygen atoms in total. The minimum Gasteiger partial charge on any atom is -0.0654 e. The van der Waals surface area contributed by atoms with Gasteiger partial charge in [-0.15, -0.1) is 0 Å². The topological polar surface area (TPSA) is 0 Å². The van der Waals surface area contributed by atoms with Crippen molar-refractivity contribution < 1.29 is 0 Å². The van der Waals surface area contributed by atoms with Crippen LogP contribution in [-0.2, 0) is 0 Å². The van der Waals surface area contributed by atoms with Gasteiger partial charge in [-0.1, -0.05) is 60.3 Å². The third-order valence-electron chi connectivity index (χ3n) is 2.54. The second kappa shape index (κ2) is 6.45. The first kappa shape index (κ1) is 13.0. The van der Waals surface area contributed by atoms with Gasteiger partial charge in [0.05, 0.1) is 0 Å². The average molecular weight is 183 g/mol. The molecule has 0 bridgehead atoms. The summed E-state index contributed by atoms with van der Waals surface area (Å²) in [6.45, 7) is 11.6. The zero-order valence-corrected chi connectivity index (χ0v) is 10.2. The summed E-state index contributed by atoms with van der Waals surface area (Å²) in [4.78, 5) is 0. The second-order valence-corrected chi connectivity index (χ2v) is 5.36. The van der Waals surface area contributed by atoms with Crippen LogP contribution in [0.25, 0.3) is 0 Å². The van der Waals surface area contributed by atoms with Gasteiger partial charge in [0.2, 0.25) is 0 Å². The molecule has 0 amide bonds. The molecule has 1 radical (unpaired) electrons. The van der Waals surface area contributed by atoms with Crippen molar-refractivity contribution in [2.75, 3.05) is 0 Å². The van der Waals surface area contributed by atoms with Gasteiger partial charge in [0.15, 0.2) is 0 Å². The van der Waals surface area contributed by atoms with Crippen LogP contribution in [-0.4, -0.2) is 0 Å². The predicted octanol–water partition coefficient (Wildman–Crippen LogP) is 4.99. The molecular formula is C13H27. The van der Waals surface area contributed by atoms with E-state index in [0.717, 1.165) is 0 Å². The van der Waals surface area contributed by atoms with Gasteiger partial charge in [0, 0.05) is 0 Å². The molecule has 0 unspecified atom stereocenters. The largest absolute Gasteiger partial charge is 0.0654 e. The van der Waals surface area contributed by atoms with Crippen molar-refractivity contribution in [1.82, 2.24) is 0 Å². The van der Waals surface area contributed by atoms with Gasteiger partial charge in [0.25, 0.3) is 0 Å². The van der Waals surface area contributed by atoms with E-state index in [1.165, 1.54) is 38.5 Å². The zero-order valence-electron chi connectivity index (χ0n) is 10.2. The number of unbranched alkanes of at least 4 members (excludes halogenated alkanes) is 3. The monoisotopic (exact) mass is 183 g/mol. The minimum atomic E-state index is 0.534. The van der Waals surface area contributed by atoms with E-state index >= 15 is 0 Å². The Morgan fingerprint density at radius 1 is 1.00 bits per heavy atom. The number of hydrogen-bond donors (Lipinski definition) is 0. The Labute approximate surface area is 85.1 Å². The van der Waals surface area contributed by atoms with Crippen molar-refractivity contribution >= 4 is 0 Å². The summed E-state index contributed by atoms with van der Waals surface area (Å²) in [6, 6.07) is 0. The fourth-order valence-electron chi connectivity index (χ4n) is 2.08. The van der Waals surface area contributed by atoms with E-state index in [1.54, 1.807) is 5.92 Å². The molecule has 0 aromatic heterocycles. The molecule has 79 valence electrons. The number of hydrogen-bond acceptors (Lipinski definition) is 0. The first-order valence-electron chi connectivity index (χ1n) is 5.77. The van der Waals surface area contributed by atoms with Gasteiger partial charge >= 0.3 is 0 Å². The average Bonchev–Trinajstić information content (AvgIpc) is 1.95. The van der Waals surface area contributed by atoms with Crippen LogP contribution in [0.5, 0.6) is 0 Å². The van der Waals surface area contributed by atoms with Crippen molar-refractivity contribution in [3.05, 3.63) is 5.92 Å². The van der Waals surface area contributed by atoms with Crippen LogP contribution in [0.15, 0.2) is 0 Å². The summed E-state index contributed by atoms with van der Waals surface area (Å²) in [7, 11) is 0. The van der Waals surface area contributed by atoms with E-state index in [0.29, 0.717) is 5.41 Å². The molecule has 0 aliphatic carbocycles. The molecule has 0 saturated heterocycles. The summed E-state index contributed by atoms with van der Waals surface area (Å²) < 4.78 is 0. The van der Waals surface area contributed by atoms with Gasteiger partial charge in [0.1, 0.15) is 0 Å². The van der Waals surface area contributed by atoms with E-state index in [2.05, 4.69) is 34.6 Å². The van der Waals surface area contributed by atoms with Crippen LogP contribution < -0.4 is 0 Å². The van der Waals surface area contributed by atoms with Crippen LogP contribution in [0.3, 0.4) is 0 Å². The lowest BCUT2D eigenvalue weighted by Gasteiger charge is -2.26. The molecule has 0 aliphatic rings. The summed E-state index contributed by atoms with van der Waals surface area (Å²) in [6.07, 6.45) is 8.26. The second-order valence-electron chi connectivity index (χ2n) is 5.36. The van der Waals surface area contributed by atoms with Crippen molar-refractivity contribution in [3.8, 4) is 0 Å². The summed E-state index contributed by atoms with van der Waals surface area (Å²) in [5, 5.41) is 0. The Hall–Kier alpha value is 0. The SMILES string of the molecule is CCCCCCC(C)(C)C[C](C)C. The molecule has 0 N–H and O–H groups in total. The molecule has 0 atom stereocenters. The Morgan fingerprint density at radius 2 is 1.62 bits per heavy atom. The highest BCUT2D eigenvalue weighted by molar-refractivity contribution is 4.85. The van der Waals surface area contributed by atoms with E-state index in [4.69, 9.17) is 0 Å². The summed E-state index contributed by atoms with van der Waals surface area (Å²) in [5.41, 5.74) is 0.534. The fraction of sp³-hybridized carbons (Fsp3) is 0.923. The fourth-order valence-corrected chi connectivity index (χ4v) is 2.08. The lowest BCUT2D eigenvalue weighted by Crippen LogP contribution is -2.13. The molecule has 0 aromatic carbocycles. The van der Waals surface area contributed by atoms with E-state index < -0.39 is 0 Å². The smallest absolute Gasteiger partial charge is 0.0298 e. The molecule has 0 spiro atoms. The lowest BCUT2D eigenvalue weighted by atomic mass is 9.80. The maximum atomic E-state index is 2.39. The third kappa shape index (κ3) is 8.33. The summed E-state index contributed by atoms with van der Waals surface area (Å²) >= 11 is 0. The Bertz CT molecular complexity index is 111. The van der Waals surface area contributed by atoms with Crippen molar-refractivity contribution in [1.29, 1.82) is 0 Å². The van der Waals surface area contributed by atoms with Crippen LogP contribution in [0, 0.1) is 11.3 Å². The van der Waals surface area contributed by atoms with Crippen LogP contribution in [0.1, 0.15) is 73.1 Å². The van der Waals surface area contributed by atoms with Gasteiger partial charge in [-0.3, -0.25) is 0 Å². The highest BCUT2D eigenvalue weighted by Gasteiger charge is 2.18. The Balaban J connectivity index is 3.50. The lowest BCUT2D eigenvalue weighted by molar-refractivity contribution is 0.303. The third-order valence-corrected chi connectivity index (χ3v) is 2.54. The molecular weight excluding hydrogens is 156 g/mol. The highest BCUT2D eigenvalue weighted by atomic mass is 14.2. The molecule has 0 aliphatic heterocycles. The normalized spacial score (nSPS) is 12.5. The Morgan fingerprint density at radius 3 is 2.08 bits per heavy atom. The van der Waals surface area contributed by atoms with Crippen molar-refractivity contribution in [3.63, 3.8) is 0 Å². The number of rotatable bonds is 7.